The zero-order valence-electron chi connectivity index (χ0n) is 11.8. The fraction of sp³-hybridized carbons (Fsp3) is 0.176. The maximum Gasteiger partial charge on any atom is 0.258 e. The lowest BCUT2D eigenvalue weighted by Crippen LogP contribution is -2.28. The van der Waals surface area contributed by atoms with Crippen molar-refractivity contribution in [1.29, 1.82) is 0 Å². The van der Waals surface area contributed by atoms with Gasteiger partial charge in [0.05, 0.1) is 0 Å². The monoisotopic (exact) mass is 283 g/mol. The van der Waals surface area contributed by atoms with Gasteiger partial charge in [-0.3, -0.25) is 9.59 Å². The molecular weight excluding hydrogens is 266 g/mol. The van der Waals surface area contributed by atoms with Gasteiger partial charge >= 0.3 is 0 Å². The van der Waals surface area contributed by atoms with Crippen LogP contribution < -0.4 is 10.1 Å². The van der Waals surface area contributed by atoms with Gasteiger partial charge in [0.2, 0.25) is 0 Å². The van der Waals surface area contributed by atoms with Gasteiger partial charge in [-0.05, 0) is 36.8 Å². The van der Waals surface area contributed by atoms with Gasteiger partial charge in [0.25, 0.3) is 5.91 Å². The van der Waals surface area contributed by atoms with Crippen molar-refractivity contribution in [3.8, 4) is 5.75 Å². The van der Waals surface area contributed by atoms with Gasteiger partial charge in [-0.15, -0.1) is 0 Å². The van der Waals surface area contributed by atoms with Crippen LogP contribution in [0.15, 0.2) is 54.6 Å². The van der Waals surface area contributed by atoms with Crippen LogP contribution in [-0.2, 0) is 11.3 Å². The lowest BCUT2D eigenvalue weighted by atomic mass is 10.1. The summed E-state index contributed by atoms with van der Waals surface area (Å²) in [5.74, 6) is 0.381. The highest BCUT2D eigenvalue weighted by atomic mass is 16.5. The predicted octanol–water partition coefficient (Wildman–Crippen LogP) is 2.58. The van der Waals surface area contributed by atoms with Crippen molar-refractivity contribution in [3.05, 3.63) is 65.7 Å². The minimum Gasteiger partial charge on any atom is -0.484 e. The number of benzene rings is 2. The van der Waals surface area contributed by atoms with Crippen molar-refractivity contribution in [3.63, 3.8) is 0 Å². The molecule has 2 aromatic carbocycles. The van der Waals surface area contributed by atoms with Crippen LogP contribution in [-0.4, -0.2) is 18.3 Å². The second-order valence-electron chi connectivity index (χ2n) is 4.63. The number of rotatable bonds is 6. The molecule has 1 N–H and O–H groups in total. The molecule has 0 saturated heterocycles. The molecule has 0 heterocycles. The normalized spacial score (nSPS) is 9.95. The molecule has 2 aromatic rings. The second kappa shape index (κ2) is 7.24. The highest BCUT2D eigenvalue weighted by Crippen LogP contribution is 2.12. The minimum atomic E-state index is -0.186. The van der Waals surface area contributed by atoms with Gasteiger partial charge in [0.15, 0.2) is 12.4 Å². The summed E-state index contributed by atoms with van der Waals surface area (Å²) < 4.78 is 5.37. The van der Waals surface area contributed by atoms with E-state index < -0.39 is 0 Å². The highest BCUT2D eigenvalue weighted by molar-refractivity contribution is 5.94. The first-order valence-electron chi connectivity index (χ1n) is 6.69. The zero-order valence-corrected chi connectivity index (χ0v) is 11.8. The Morgan fingerprint density at radius 3 is 2.29 bits per heavy atom. The standard InChI is InChI=1S/C17H17NO3/c1-13(19)15-7-9-16(10-8-15)21-12-17(20)18-11-14-5-3-2-4-6-14/h2-10H,11-12H2,1H3,(H,18,20). The van der Waals surface area contributed by atoms with E-state index in [1.165, 1.54) is 6.92 Å². The zero-order chi connectivity index (χ0) is 15.1. The van der Waals surface area contributed by atoms with Crippen molar-refractivity contribution in [2.75, 3.05) is 6.61 Å². The van der Waals surface area contributed by atoms with Gasteiger partial charge < -0.3 is 10.1 Å². The van der Waals surface area contributed by atoms with Crippen molar-refractivity contribution in [2.24, 2.45) is 0 Å². The maximum absolute atomic E-state index is 11.7. The molecule has 1 amide bonds. The average Bonchev–Trinajstić information content (AvgIpc) is 2.52. The number of amides is 1. The van der Waals surface area contributed by atoms with Crippen LogP contribution in [0.25, 0.3) is 0 Å². The Labute approximate surface area is 123 Å². The Bertz CT molecular complexity index is 606. The molecule has 0 spiro atoms. The third kappa shape index (κ3) is 4.76. The van der Waals surface area contributed by atoms with Gasteiger partial charge in [-0.1, -0.05) is 30.3 Å². The number of Topliss-reactive ketones (excluding diaryl/α,β-unsaturated/α-hetero) is 1. The molecule has 0 atom stereocenters. The van der Waals surface area contributed by atoms with Gasteiger partial charge in [-0.2, -0.15) is 0 Å². The van der Waals surface area contributed by atoms with Gasteiger partial charge in [-0.25, -0.2) is 0 Å². The number of carbonyl (C=O) groups excluding carboxylic acids is 2. The molecule has 4 nitrogen and oxygen atoms in total. The number of ether oxygens (including phenoxy) is 1. The number of nitrogens with one attached hydrogen (secondary N) is 1. The molecule has 4 heteroatoms. The van der Waals surface area contributed by atoms with Crippen LogP contribution in [0.1, 0.15) is 22.8 Å². The summed E-state index contributed by atoms with van der Waals surface area (Å²) in [6.45, 7) is 1.94. The molecule has 0 aliphatic heterocycles. The van der Waals surface area contributed by atoms with E-state index in [1.54, 1.807) is 24.3 Å². The molecule has 0 unspecified atom stereocenters. The lowest BCUT2D eigenvalue weighted by Gasteiger charge is -2.08. The molecule has 0 radical (unpaired) electrons. The molecular formula is C17H17NO3. The van der Waals surface area contributed by atoms with Crippen LogP contribution in [0.4, 0.5) is 0 Å². The van der Waals surface area contributed by atoms with E-state index in [9.17, 15) is 9.59 Å². The molecule has 2 rings (SSSR count). The largest absolute Gasteiger partial charge is 0.484 e. The van der Waals surface area contributed by atoms with E-state index in [2.05, 4.69) is 5.32 Å². The molecule has 0 aliphatic rings. The predicted molar refractivity (Wildman–Crippen MR) is 80.2 cm³/mol. The summed E-state index contributed by atoms with van der Waals surface area (Å²) in [6.07, 6.45) is 0. The first-order valence-corrected chi connectivity index (χ1v) is 6.69. The van der Waals surface area contributed by atoms with Crippen LogP contribution in [0, 0.1) is 0 Å². The number of hydrogen-bond acceptors (Lipinski definition) is 3. The first-order chi connectivity index (χ1) is 10.1. The molecule has 108 valence electrons. The smallest absolute Gasteiger partial charge is 0.258 e. The van der Waals surface area contributed by atoms with E-state index in [0.717, 1.165) is 5.56 Å². The second-order valence-corrected chi connectivity index (χ2v) is 4.63. The van der Waals surface area contributed by atoms with Crippen LogP contribution in [0.3, 0.4) is 0 Å². The van der Waals surface area contributed by atoms with E-state index in [1.807, 2.05) is 30.3 Å². The average molecular weight is 283 g/mol. The summed E-state index contributed by atoms with van der Waals surface area (Å²) in [5, 5.41) is 2.78. The Kier molecular flexibility index (Phi) is 5.10. The summed E-state index contributed by atoms with van der Waals surface area (Å²) >= 11 is 0. The maximum atomic E-state index is 11.7. The summed E-state index contributed by atoms with van der Waals surface area (Å²) in [7, 11) is 0. The third-order valence-corrected chi connectivity index (χ3v) is 2.96. The molecule has 0 bridgehead atoms. The Balaban J connectivity index is 1.77. The molecule has 0 aliphatic carbocycles. The van der Waals surface area contributed by atoms with E-state index >= 15 is 0 Å². The third-order valence-electron chi connectivity index (χ3n) is 2.96. The summed E-state index contributed by atoms with van der Waals surface area (Å²) in [6, 6.07) is 16.4. The fourth-order valence-electron chi connectivity index (χ4n) is 1.78. The van der Waals surface area contributed by atoms with Crippen molar-refractivity contribution in [2.45, 2.75) is 13.5 Å². The number of hydrogen-bond donors (Lipinski definition) is 1. The van der Waals surface area contributed by atoms with Crippen LogP contribution in [0.2, 0.25) is 0 Å². The SMILES string of the molecule is CC(=O)c1ccc(OCC(=O)NCc2ccccc2)cc1. The molecule has 21 heavy (non-hydrogen) atoms. The van der Waals surface area contributed by atoms with Gasteiger partial charge in [0.1, 0.15) is 5.75 Å². The molecule has 0 saturated carbocycles. The van der Waals surface area contributed by atoms with Crippen LogP contribution in [0.5, 0.6) is 5.75 Å². The van der Waals surface area contributed by atoms with Crippen molar-refractivity contribution < 1.29 is 14.3 Å². The minimum absolute atomic E-state index is 0.00199. The van der Waals surface area contributed by atoms with Crippen molar-refractivity contribution >= 4 is 11.7 Å². The first kappa shape index (κ1) is 14.8. The van der Waals surface area contributed by atoms with E-state index in [4.69, 9.17) is 4.74 Å². The Morgan fingerprint density at radius 2 is 1.67 bits per heavy atom. The quantitative estimate of drug-likeness (QED) is 0.829. The Hall–Kier alpha value is -2.62. The summed E-state index contributed by atoms with van der Waals surface area (Å²) in [4.78, 5) is 22.8. The fourth-order valence-corrected chi connectivity index (χ4v) is 1.78. The van der Waals surface area contributed by atoms with E-state index in [0.29, 0.717) is 17.9 Å². The molecule has 0 fully saturated rings. The van der Waals surface area contributed by atoms with Crippen molar-refractivity contribution in [1.82, 2.24) is 5.32 Å². The van der Waals surface area contributed by atoms with E-state index in [-0.39, 0.29) is 18.3 Å². The topological polar surface area (TPSA) is 55.4 Å². The highest BCUT2D eigenvalue weighted by Gasteiger charge is 2.04. The summed E-state index contributed by atoms with van der Waals surface area (Å²) in [5.41, 5.74) is 1.66. The lowest BCUT2D eigenvalue weighted by molar-refractivity contribution is -0.123. The number of carbonyl (C=O) groups is 2. The molecule has 0 aromatic heterocycles. The van der Waals surface area contributed by atoms with Crippen LogP contribution >= 0.6 is 0 Å². The Morgan fingerprint density at radius 1 is 1.00 bits per heavy atom. The number of ketones is 1. The van der Waals surface area contributed by atoms with Gasteiger partial charge in [0, 0.05) is 12.1 Å².